The molecule has 5 fully saturated rings. The number of rotatable bonds is 9. The Balaban J connectivity index is 0.000000591. The van der Waals surface area contributed by atoms with E-state index in [-0.39, 0.29) is 17.7 Å². The molecule has 2 amide bonds. The van der Waals surface area contributed by atoms with Gasteiger partial charge in [0, 0.05) is 77.7 Å². The first kappa shape index (κ1) is 35.7. The third-order valence-electron chi connectivity index (χ3n) is 10.5. The van der Waals surface area contributed by atoms with Crippen molar-refractivity contribution in [3.05, 3.63) is 0 Å². The van der Waals surface area contributed by atoms with Crippen molar-refractivity contribution in [3.63, 3.8) is 0 Å². The standard InChI is InChI=1S/C30H52N4O4.C2HF3O2/c1-2-3-9-27-30(38-29(36)34(27)24-25-7-5-4-6-8-25)13-18-32(19-14-30)26-10-16-33(17-11-26)28(35)12-15-31-20-22-37-23-21-31;3-2(4,5)1(6)7/h25-27H,2-24H2,1H3;(H,6,7). The quantitative estimate of drug-likeness (QED) is 0.383. The van der Waals surface area contributed by atoms with Gasteiger partial charge in [0.15, 0.2) is 0 Å². The highest BCUT2D eigenvalue weighted by Crippen LogP contribution is 2.43. The van der Waals surface area contributed by atoms with Gasteiger partial charge in [-0.05, 0) is 38.0 Å². The Bertz CT molecular complexity index is 957. The van der Waals surface area contributed by atoms with Gasteiger partial charge in [0.2, 0.25) is 5.91 Å². The fraction of sp³-hybridized carbons (Fsp3) is 0.906. The van der Waals surface area contributed by atoms with Crippen LogP contribution in [-0.2, 0) is 19.1 Å². The lowest BCUT2D eigenvalue weighted by Crippen LogP contribution is -2.56. The summed E-state index contributed by atoms with van der Waals surface area (Å²) in [5, 5.41) is 7.12. The maximum absolute atomic E-state index is 13.2. The highest BCUT2D eigenvalue weighted by Gasteiger charge is 2.55. The molecule has 0 aromatic rings. The monoisotopic (exact) mass is 646 g/mol. The zero-order valence-corrected chi connectivity index (χ0v) is 26.9. The van der Waals surface area contributed by atoms with E-state index in [9.17, 15) is 22.8 Å². The predicted octanol–water partition coefficient (Wildman–Crippen LogP) is 4.76. The lowest BCUT2D eigenvalue weighted by Gasteiger charge is -2.46. The van der Waals surface area contributed by atoms with E-state index in [1.165, 1.54) is 32.1 Å². The van der Waals surface area contributed by atoms with Crippen molar-refractivity contribution in [3.8, 4) is 0 Å². The number of alkyl halides is 3. The Morgan fingerprint density at radius 2 is 1.58 bits per heavy atom. The molecular weight excluding hydrogens is 593 g/mol. The number of unbranched alkanes of at least 4 members (excludes halogenated alkanes) is 1. The molecule has 0 aromatic heterocycles. The van der Waals surface area contributed by atoms with E-state index in [0.29, 0.717) is 24.3 Å². The molecule has 1 spiro atoms. The van der Waals surface area contributed by atoms with Gasteiger partial charge in [-0.25, -0.2) is 9.59 Å². The minimum atomic E-state index is -5.08. The topological polar surface area (TPSA) is 103 Å². The van der Waals surface area contributed by atoms with Crippen LogP contribution in [0.3, 0.4) is 0 Å². The number of aliphatic carboxylic acids is 1. The van der Waals surface area contributed by atoms with E-state index in [0.717, 1.165) is 111 Å². The van der Waals surface area contributed by atoms with Crippen LogP contribution in [0.4, 0.5) is 18.0 Å². The van der Waals surface area contributed by atoms with E-state index >= 15 is 0 Å². The van der Waals surface area contributed by atoms with Gasteiger partial charge >= 0.3 is 18.2 Å². The molecule has 4 saturated heterocycles. The second-order valence-corrected chi connectivity index (χ2v) is 13.4. The average Bonchev–Trinajstić information content (AvgIpc) is 3.28. The summed E-state index contributed by atoms with van der Waals surface area (Å²) in [5.74, 6) is -1.80. The van der Waals surface area contributed by atoms with Crippen molar-refractivity contribution in [1.82, 2.24) is 19.6 Å². The van der Waals surface area contributed by atoms with Crippen LogP contribution in [0.1, 0.15) is 90.4 Å². The van der Waals surface area contributed by atoms with Crippen molar-refractivity contribution in [1.29, 1.82) is 0 Å². The molecule has 4 heterocycles. The molecular formula is C32H53F3N4O6. The zero-order valence-electron chi connectivity index (χ0n) is 26.9. The minimum Gasteiger partial charge on any atom is -0.475 e. The summed E-state index contributed by atoms with van der Waals surface area (Å²) in [6.07, 6.45) is 9.40. The molecule has 258 valence electrons. The first-order valence-electron chi connectivity index (χ1n) is 17.1. The van der Waals surface area contributed by atoms with Gasteiger partial charge in [-0.2, -0.15) is 13.2 Å². The third kappa shape index (κ3) is 9.93. The van der Waals surface area contributed by atoms with Crippen LogP contribution in [0.25, 0.3) is 0 Å². The molecule has 5 aliphatic rings. The summed E-state index contributed by atoms with van der Waals surface area (Å²) in [5.41, 5.74) is -0.298. The van der Waals surface area contributed by atoms with Crippen LogP contribution in [-0.4, -0.2) is 132 Å². The number of carboxylic acid groups (broad SMARTS) is 1. The number of carbonyl (C=O) groups is 3. The van der Waals surface area contributed by atoms with Gasteiger partial charge in [0.25, 0.3) is 0 Å². The molecule has 1 atom stereocenters. The summed E-state index contributed by atoms with van der Waals surface area (Å²) >= 11 is 0. The number of piperidine rings is 2. The number of halogens is 3. The second-order valence-electron chi connectivity index (χ2n) is 13.4. The number of morpholine rings is 1. The van der Waals surface area contributed by atoms with Crippen molar-refractivity contribution >= 4 is 18.0 Å². The average molecular weight is 647 g/mol. The Kier molecular flexibility index (Phi) is 13.2. The number of ether oxygens (including phenoxy) is 2. The summed E-state index contributed by atoms with van der Waals surface area (Å²) in [7, 11) is 0. The largest absolute Gasteiger partial charge is 0.490 e. The fourth-order valence-corrected chi connectivity index (χ4v) is 7.80. The van der Waals surface area contributed by atoms with Crippen molar-refractivity contribution in [2.75, 3.05) is 65.6 Å². The Morgan fingerprint density at radius 1 is 0.956 bits per heavy atom. The van der Waals surface area contributed by atoms with Crippen molar-refractivity contribution in [2.24, 2.45) is 5.92 Å². The number of nitrogens with zero attached hydrogens (tertiary/aromatic N) is 4. The number of carbonyl (C=O) groups excluding carboxylic acids is 2. The summed E-state index contributed by atoms with van der Waals surface area (Å²) in [6.45, 7) is 11.2. The number of hydrogen-bond acceptors (Lipinski definition) is 7. The number of likely N-dealkylation sites (tertiary alicyclic amines) is 2. The van der Waals surface area contributed by atoms with Gasteiger partial charge in [-0.1, -0.05) is 39.0 Å². The third-order valence-corrected chi connectivity index (χ3v) is 10.5. The number of hydrogen-bond donors (Lipinski definition) is 1. The number of carboxylic acids is 1. The molecule has 0 aromatic carbocycles. The summed E-state index contributed by atoms with van der Waals surface area (Å²) in [6, 6.07) is 0.783. The van der Waals surface area contributed by atoms with Gasteiger partial charge in [-0.3, -0.25) is 14.6 Å². The second kappa shape index (κ2) is 16.6. The van der Waals surface area contributed by atoms with Crippen LogP contribution in [0.15, 0.2) is 0 Å². The van der Waals surface area contributed by atoms with E-state index in [1.807, 2.05) is 0 Å². The van der Waals surface area contributed by atoms with Gasteiger partial charge < -0.3 is 24.4 Å². The van der Waals surface area contributed by atoms with Gasteiger partial charge in [-0.15, -0.1) is 0 Å². The first-order chi connectivity index (χ1) is 21.5. The minimum absolute atomic E-state index is 0.0472. The summed E-state index contributed by atoms with van der Waals surface area (Å²) < 4.78 is 43.5. The fourth-order valence-electron chi connectivity index (χ4n) is 7.80. The molecule has 0 bridgehead atoms. The molecule has 5 rings (SSSR count). The first-order valence-corrected chi connectivity index (χ1v) is 17.1. The molecule has 13 heteroatoms. The molecule has 1 unspecified atom stereocenters. The molecule has 10 nitrogen and oxygen atoms in total. The van der Waals surface area contributed by atoms with Crippen LogP contribution < -0.4 is 0 Å². The molecule has 1 saturated carbocycles. The maximum atomic E-state index is 13.2. The summed E-state index contributed by atoms with van der Waals surface area (Å²) in [4.78, 5) is 44.1. The molecule has 4 aliphatic heterocycles. The van der Waals surface area contributed by atoms with Crippen LogP contribution >= 0.6 is 0 Å². The molecule has 1 N–H and O–H groups in total. The van der Waals surface area contributed by atoms with E-state index < -0.39 is 12.1 Å². The highest BCUT2D eigenvalue weighted by atomic mass is 19.4. The Morgan fingerprint density at radius 3 is 2.16 bits per heavy atom. The van der Waals surface area contributed by atoms with Crippen molar-refractivity contribution < 1.29 is 42.1 Å². The van der Waals surface area contributed by atoms with Crippen LogP contribution in [0.5, 0.6) is 0 Å². The molecule has 1 aliphatic carbocycles. The maximum Gasteiger partial charge on any atom is 0.490 e. The number of amides is 2. The highest BCUT2D eigenvalue weighted by molar-refractivity contribution is 5.76. The lowest BCUT2D eigenvalue weighted by atomic mass is 9.80. The normalized spacial score (nSPS) is 25.6. The van der Waals surface area contributed by atoms with E-state index in [1.54, 1.807) is 0 Å². The molecule has 45 heavy (non-hydrogen) atoms. The van der Waals surface area contributed by atoms with Gasteiger partial charge in [0.1, 0.15) is 5.60 Å². The van der Waals surface area contributed by atoms with E-state index in [2.05, 4.69) is 26.5 Å². The van der Waals surface area contributed by atoms with Gasteiger partial charge in [0.05, 0.1) is 19.3 Å². The Labute approximate surface area is 265 Å². The lowest BCUT2D eigenvalue weighted by molar-refractivity contribution is -0.192. The predicted molar refractivity (Wildman–Crippen MR) is 162 cm³/mol. The van der Waals surface area contributed by atoms with E-state index in [4.69, 9.17) is 19.4 Å². The molecule has 0 radical (unpaired) electrons. The zero-order chi connectivity index (χ0) is 32.5. The smallest absolute Gasteiger partial charge is 0.475 e. The van der Waals surface area contributed by atoms with Crippen LogP contribution in [0, 0.1) is 5.92 Å². The van der Waals surface area contributed by atoms with Crippen LogP contribution in [0.2, 0.25) is 0 Å². The van der Waals surface area contributed by atoms with Crippen molar-refractivity contribution in [2.45, 2.75) is 114 Å². The Hall–Kier alpha value is -2.12. The SMILES string of the molecule is CCCCC1N(CC2CCCCC2)C(=O)OC12CCN(C1CCN(C(=O)CCN3CCOCC3)CC1)CC2.O=C(O)C(F)(F)F.